The van der Waals surface area contributed by atoms with Crippen LogP contribution >= 0.6 is 0 Å². The van der Waals surface area contributed by atoms with Crippen LogP contribution in [0.2, 0.25) is 0 Å². The number of non-ortho nitro benzene ring substituents is 1. The Morgan fingerprint density at radius 2 is 2.09 bits per heavy atom. The van der Waals surface area contributed by atoms with Gasteiger partial charge in [0.2, 0.25) is 11.8 Å². The second-order valence-corrected chi connectivity index (χ2v) is 5.18. The number of aliphatic hydroxyl groups is 1. The minimum absolute atomic E-state index is 0.0320. The van der Waals surface area contributed by atoms with Gasteiger partial charge in [-0.1, -0.05) is 13.8 Å². The van der Waals surface area contributed by atoms with Crippen LogP contribution in [0, 0.1) is 10.1 Å². The first kappa shape index (κ1) is 16.7. The molecule has 0 amide bonds. The Balaban J connectivity index is 2.14. The molecule has 2 rings (SSSR count). The van der Waals surface area contributed by atoms with Gasteiger partial charge < -0.3 is 20.2 Å². The van der Waals surface area contributed by atoms with E-state index >= 15 is 0 Å². The number of nitro benzene ring substituents is 1. The number of hydrogen-bond donors (Lipinski definition) is 3. The number of aliphatic hydroxyl groups excluding tert-OH is 1. The summed E-state index contributed by atoms with van der Waals surface area (Å²) in [6, 6.07) is 4.40. The summed E-state index contributed by atoms with van der Waals surface area (Å²) in [5.74, 6) is 1.07. The molecule has 124 valence electrons. The van der Waals surface area contributed by atoms with E-state index in [2.05, 4.69) is 20.8 Å². The number of rotatable bonds is 8. The summed E-state index contributed by atoms with van der Waals surface area (Å²) in [6.07, 6.45) is 0. The fraction of sp³-hybridized carbons (Fsp3) is 0.429. The molecular weight excluding hydrogens is 302 g/mol. The molecule has 0 saturated carbocycles. The Labute approximate surface area is 132 Å². The summed E-state index contributed by atoms with van der Waals surface area (Å²) in [6.45, 7) is 4.43. The number of nitrogens with zero attached hydrogens (tertiary/aromatic N) is 3. The van der Waals surface area contributed by atoms with Crippen molar-refractivity contribution in [2.24, 2.45) is 0 Å². The van der Waals surface area contributed by atoms with Crippen molar-refractivity contribution in [3.63, 3.8) is 0 Å². The standard InChI is InChI=1S/C14H19N5O4/c1-9(2)14-18-17-13(23-14)8-16-12-7-10(19(21)22)3-4-11(12)15-5-6-20/h3-4,7,9,15-16,20H,5-6,8H2,1-2H3. The zero-order valence-corrected chi connectivity index (χ0v) is 12.9. The van der Waals surface area contributed by atoms with Crippen LogP contribution < -0.4 is 10.6 Å². The van der Waals surface area contributed by atoms with Crippen LogP contribution in [0.1, 0.15) is 31.5 Å². The lowest BCUT2D eigenvalue weighted by Crippen LogP contribution is -2.09. The summed E-state index contributed by atoms with van der Waals surface area (Å²) in [7, 11) is 0. The topological polar surface area (TPSA) is 126 Å². The molecular formula is C14H19N5O4. The molecule has 0 aliphatic rings. The zero-order valence-electron chi connectivity index (χ0n) is 12.9. The van der Waals surface area contributed by atoms with Gasteiger partial charge in [0, 0.05) is 24.6 Å². The molecule has 3 N–H and O–H groups in total. The van der Waals surface area contributed by atoms with E-state index < -0.39 is 4.92 Å². The van der Waals surface area contributed by atoms with Crippen molar-refractivity contribution in [1.29, 1.82) is 0 Å². The van der Waals surface area contributed by atoms with Crippen molar-refractivity contribution >= 4 is 17.1 Å². The maximum atomic E-state index is 10.9. The van der Waals surface area contributed by atoms with E-state index in [1.807, 2.05) is 13.8 Å². The Hall–Kier alpha value is -2.68. The first-order chi connectivity index (χ1) is 11.0. The number of anilines is 2. The minimum Gasteiger partial charge on any atom is -0.423 e. The Kier molecular flexibility index (Phi) is 5.47. The smallest absolute Gasteiger partial charge is 0.271 e. The molecule has 9 nitrogen and oxygen atoms in total. The largest absolute Gasteiger partial charge is 0.423 e. The van der Waals surface area contributed by atoms with E-state index in [9.17, 15) is 10.1 Å². The molecule has 9 heteroatoms. The Morgan fingerprint density at radius 1 is 1.30 bits per heavy atom. The molecule has 23 heavy (non-hydrogen) atoms. The van der Waals surface area contributed by atoms with Crippen LogP contribution in [0.25, 0.3) is 0 Å². The molecule has 0 aliphatic heterocycles. The molecule has 0 aliphatic carbocycles. The SMILES string of the molecule is CC(C)c1nnc(CNc2cc([N+](=O)[O-])ccc2NCCO)o1. The molecule has 0 bridgehead atoms. The maximum Gasteiger partial charge on any atom is 0.271 e. The van der Waals surface area contributed by atoms with E-state index in [0.717, 1.165) is 0 Å². The molecule has 0 unspecified atom stereocenters. The average molecular weight is 321 g/mol. The molecule has 0 radical (unpaired) electrons. The molecule has 0 saturated heterocycles. The van der Waals surface area contributed by atoms with E-state index in [4.69, 9.17) is 9.52 Å². The second-order valence-electron chi connectivity index (χ2n) is 5.18. The van der Waals surface area contributed by atoms with Gasteiger partial charge in [0.1, 0.15) is 0 Å². The Bertz CT molecular complexity index is 671. The third-order valence-corrected chi connectivity index (χ3v) is 3.05. The number of nitrogens with one attached hydrogen (secondary N) is 2. The maximum absolute atomic E-state index is 10.9. The van der Waals surface area contributed by atoms with E-state index in [0.29, 0.717) is 29.7 Å². The van der Waals surface area contributed by atoms with Gasteiger partial charge in [-0.15, -0.1) is 10.2 Å². The summed E-state index contributed by atoms with van der Waals surface area (Å²) in [5, 5.41) is 33.7. The van der Waals surface area contributed by atoms with Crippen LogP contribution in [-0.4, -0.2) is 33.4 Å². The van der Waals surface area contributed by atoms with Gasteiger partial charge in [-0.25, -0.2) is 0 Å². The normalized spacial score (nSPS) is 10.8. The van der Waals surface area contributed by atoms with Crippen molar-refractivity contribution < 1.29 is 14.4 Å². The van der Waals surface area contributed by atoms with Gasteiger partial charge in [0.15, 0.2) is 0 Å². The van der Waals surface area contributed by atoms with Crippen LogP contribution in [0.4, 0.5) is 17.1 Å². The number of benzene rings is 1. The number of nitro groups is 1. The predicted molar refractivity (Wildman–Crippen MR) is 84.4 cm³/mol. The summed E-state index contributed by atoms with van der Waals surface area (Å²) < 4.78 is 5.49. The highest BCUT2D eigenvalue weighted by Gasteiger charge is 2.13. The highest BCUT2D eigenvalue weighted by Crippen LogP contribution is 2.27. The molecule has 0 atom stereocenters. The van der Waals surface area contributed by atoms with Gasteiger partial charge >= 0.3 is 0 Å². The highest BCUT2D eigenvalue weighted by molar-refractivity contribution is 5.71. The molecule has 1 aromatic heterocycles. The van der Waals surface area contributed by atoms with E-state index in [1.54, 1.807) is 6.07 Å². The van der Waals surface area contributed by atoms with Crippen molar-refractivity contribution in [3.05, 3.63) is 40.1 Å². The molecule has 2 aromatic rings. The van der Waals surface area contributed by atoms with E-state index in [1.165, 1.54) is 12.1 Å². The highest BCUT2D eigenvalue weighted by atomic mass is 16.6. The van der Waals surface area contributed by atoms with Crippen molar-refractivity contribution in [1.82, 2.24) is 10.2 Å². The average Bonchev–Trinajstić information content (AvgIpc) is 3.00. The Morgan fingerprint density at radius 3 is 2.70 bits per heavy atom. The third-order valence-electron chi connectivity index (χ3n) is 3.05. The number of hydrogen-bond acceptors (Lipinski definition) is 8. The monoisotopic (exact) mass is 321 g/mol. The molecule has 1 heterocycles. The summed E-state index contributed by atoms with van der Waals surface area (Å²) >= 11 is 0. The van der Waals surface area contributed by atoms with Crippen LogP contribution in [-0.2, 0) is 6.54 Å². The fourth-order valence-electron chi connectivity index (χ4n) is 1.88. The number of aromatic nitrogens is 2. The summed E-state index contributed by atoms with van der Waals surface area (Å²) in [5.41, 5.74) is 1.14. The molecule has 1 aromatic carbocycles. The lowest BCUT2D eigenvalue weighted by atomic mass is 10.2. The lowest BCUT2D eigenvalue weighted by Gasteiger charge is -2.12. The lowest BCUT2D eigenvalue weighted by molar-refractivity contribution is -0.384. The first-order valence-corrected chi connectivity index (χ1v) is 7.20. The molecule has 0 spiro atoms. The molecule has 0 fully saturated rings. The van der Waals surface area contributed by atoms with Crippen molar-refractivity contribution in [3.8, 4) is 0 Å². The van der Waals surface area contributed by atoms with Crippen LogP contribution in [0.3, 0.4) is 0 Å². The predicted octanol–water partition coefficient (Wildman–Crippen LogP) is 2.12. The van der Waals surface area contributed by atoms with Gasteiger partial charge in [0.05, 0.1) is 29.4 Å². The summed E-state index contributed by atoms with van der Waals surface area (Å²) in [4.78, 5) is 10.4. The second kappa shape index (κ2) is 7.54. The van der Waals surface area contributed by atoms with Crippen molar-refractivity contribution in [2.45, 2.75) is 26.3 Å². The van der Waals surface area contributed by atoms with Crippen LogP contribution in [0.5, 0.6) is 0 Å². The third kappa shape index (κ3) is 4.39. The van der Waals surface area contributed by atoms with Crippen molar-refractivity contribution in [2.75, 3.05) is 23.8 Å². The van der Waals surface area contributed by atoms with E-state index in [-0.39, 0.29) is 24.8 Å². The van der Waals surface area contributed by atoms with Gasteiger partial charge in [-0.2, -0.15) is 0 Å². The van der Waals surface area contributed by atoms with Gasteiger partial charge in [-0.3, -0.25) is 10.1 Å². The fourth-order valence-corrected chi connectivity index (χ4v) is 1.88. The quantitative estimate of drug-likeness (QED) is 0.498. The first-order valence-electron chi connectivity index (χ1n) is 7.20. The van der Waals surface area contributed by atoms with Crippen LogP contribution in [0.15, 0.2) is 22.6 Å². The zero-order chi connectivity index (χ0) is 16.8. The minimum atomic E-state index is -0.468. The van der Waals surface area contributed by atoms with Gasteiger partial charge in [0.25, 0.3) is 5.69 Å². The van der Waals surface area contributed by atoms with Gasteiger partial charge in [-0.05, 0) is 6.07 Å².